The Labute approximate surface area is 507 Å². The van der Waals surface area contributed by atoms with E-state index < -0.39 is 42.5 Å². The molecule has 10 aromatic carbocycles. The molecule has 1 aliphatic heterocycles. The van der Waals surface area contributed by atoms with E-state index in [0.717, 1.165) is 83.3 Å². The molecule has 4 heterocycles. The third-order valence-electron chi connectivity index (χ3n) is 16.2. The third kappa shape index (κ3) is 8.59. The van der Waals surface area contributed by atoms with E-state index in [1.807, 2.05) is 34.9 Å². The van der Waals surface area contributed by atoms with Gasteiger partial charge in [0.2, 0.25) is 0 Å². The molecule has 5 nitrogen and oxygen atoms in total. The van der Waals surface area contributed by atoms with Crippen molar-refractivity contribution in [1.29, 1.82) is 0 Å². The zero-order valence-electron chi connectivity index (χ0n) is 54.3. The van der Waals surface area contributed by atoms with Crippen LogP contribution in [0, 0.1) is 25.7 Å². The molecule has 0 radical (unpaired) electrons. The average molecular weight is 1250 g/mol. The van der Waals surface area contributed by atoms with Crippen LogP contribution in [0.15, 0.2) is 243 Å². The van der Waals surface area contributed by atoms with Crippen LogP contribution in [0.5, 0.6) is 0 Å². The molecule has 6 heteroatoms. The molecule has 0 spiro atoms. The van der Waals surface area contributed by atoms with E-state index in [4.69, 9.17) is 16.0 Å². The summed E-state index contributed by atoms with van der Waals surface area (Å²) in [7, 11) is 0. The Hall–Kier alpha value is -8.76. The average Bonchev–Trinajstić information content (AvgIpc) is 1.47. The molecule has 0 fully saturated rings. The zero-order valence-corrected chi connectivity index (χ0v) is 48.6. The van der Waals surface area contributed by atoms with Gasteiger partial charge in [-0.05, 0) is 105 Å². The van der Waals surface area contributed by atoms with Crippen LogP contribution in [0.4, 0.5) is 22.7 Å². The fourth-order valence-corrected chi connectivity index (χ4v) is 12.2. The van der Waals surface area contributed by atoms with E-state index in [2.05, 4.69) is 245 Å². The molecule has 0 saturated heterocycles. The maximum atomic E-state index is 9.04. The number of aromatic nitrogens is 3. The second-order valence-corrected chi connectivity index (χ2v) is 23.1. The number of hydrogen-bond acceptors (Lipinski definition) is 3. The van der Waals surface area contributed by atoms with Gasteiger partial charge in [0.15, 0.2) is 0 Å². The van der Waals surface area contributed by atoms with Crippen LogP contribution in [0.2, 0.25) is 0 Å². The van der Waals surface area contributed by atoms with Crippen molar-refractivity contribution in [2.75, 3.05) is 9.80 Å². The van der Waals surface area contributed by atoms with Gasteiger partial charge in [-0.3, -0.25) is 0 Å². The molecule has 0 aliphatic carbocycles. The predicted molar refractivity (Wildman–Crippen MR) is 338 cm³/mol. The van der Waals surface area contributed by atoms with Gasteiger partial charge in [0, 0.05) is 75.7 Å². The van der Waals surface area contributed by atoms with Gasteiger partial charge in [-0.25, -0.2) is 4.98 Å². The van der Waals surface area contributed by atoms with Crippen molar-refractivity contribution in [3.63, 3.8) is 0 Å². The molecule has 13 aromatic rings. The number of aryl methyl sites for hydroxylation is 1. The van der Waals surface area contributed by atoms with Crippen molar-refractivity contribution in [3.05, 3.63) is 300 Å². The molecule has 3 aromatic heterocycles. The summed E-state index contributed by atoms with van der Waals surface area (Å²) in [5, 5.41) is 3.80. The van der Waals surface area contributed by atoms with E-state index in [1.54, 1.807) is 0 Å². The molecule has 0 atom stereocenters. The molecule has 0 unspecified atom stereocenters. The monoisotopic (exact) mass is 1250 g/mol. The van der Waals surface area contributed by atoms with Crippen LogP contribution in [0.3, 0.4) is 0 Å². The van der Waals surface area contributed by atoms with E-state index in [-0.39, 0.29) is 54.4 Å². The SMILES string of the molecule is [2H]c1c([2H])c([2H])c(-c2cnc(-n3c4[c-]c(C(c5[c-]c(N6[CH-]N(c7cc(C(C)(C)C)cc(C(C)(C)C)c7)c7ccccc76)ccc5)(c5ccccc5)c5ccccc5)cc(-n5c6ccccc6c6ccccc65)c4c4ccccc43)cc2C([2H])([2H])[2H])c([2H])c1[2H].[Pt]. The van der Waals surface area contributed by atoms with E-state index in [1.165, 1.54) is 23.4 Å². The Morgan fingerprint density at radius 2 is 1.04 bits per heavy atom. The fourth-order valence-electron chi connectivity index (χ4n) is 12.2. The van der Waals surface area contributed by atoms with Crippen LogP contribution in [0.1, 0.15) is 91.5 Å². The Morgan fingerprint density at radius 3 is 1.63 bits per heavy atom. The van der Waals surface area contributed by atoms with Gasteiger partial charge in [-0.2, -0.15) is 30.3 Å². The summed E-state index contributed by atoms with van der Waals surface area (Å²) in [5.74, 6) is 0.231. The molecule has 14 rings (SSSR count). The van der Waals surface area contributed by atoms with Crippen molar-refractivity contribution >= 4 is 66.4 Å². The number of pyridine rings is 1. The van der Waals surface area contributed by atoms with Crippen LogP contribution >= 0.6 is 0 Å². The molecule has 404 valence electrons. The summed E-state index contributed by atoms with van der Waals surface area (Å²) in [6.45, 7) is 12.9. The summed E-state index contributed by atoms with van der Waals surface area (Å²) in [6.07, 6.45) is 1.33. The zero-order chi connectivity index (χ0) is 62.1. The van der Waals surface area contributed by atoms with Crippen molar-refractivity contribution < 1.29 is 32.0 Å². The van der Waals surface area contributed by atoms with Gasteiger partial charge in [0.05, 0.1) is 17.9 Å². The summed E-state index contributed by atoms with van der Waals surface area (Å²) in [4.78, 5) is 9.59. The van der Waals surface area contributed by atoms with Crippen molar-refractivity contribution in [3.8, 4) is 22.6 Å². The van der Waals surface area contributed by atoms with Crippen LogP contribution in [0.25, 0.3) is 66.2 Å². The second kappa shape index (κ2) is 20.3. The molecule has 0 amide bonds. The van der Waals surface area contributed by atoms with E-state index in [9.17, 15) is 0 Å². The van der Waals surface area contributed by atoms with E-state index >= 15 is 0 Å². The molecular formula is C76H62N5Pt-3. The van der Waals surface area contributed by atoms with Crippen LogP contribution in [-0.4, -0.2) is 14.1 Å². The first kappa shape index (κ1) is 44.0. The maximum absolute atomic E-state index is 9.04. The van der Waals surface area contributed by atoms with Crippen LogP contribution in [-0.2, 0) is 37.3 Å². The number of hydrogen-bond donors (Lipinski definition) is 0. The van der Waals surface area contributed by atoms with Crippen molar-refractivity contribution in [1.82, 2.24) is 14.1 Å². The second-order valence-electron chi connectivity index (χ2n) is 23.1. The van der Waals surface area contributed by atoms with Gasteiger partial charge in [0.25, 0.3) is 0 Å². The number of fused-ring (bicyclic) bond motifs is 7. The molecule has 0 N–H and O–H groups in total. The molecule has 82 heavy (non-hydrogen) atoms. The Morgan fingerprint density at radius 1 is 0.488 bits per heavy atom. The molecule has 1 aliphatic rings. The number of rotatable bonds is 9. The standard InChI is InChI=1S/C76H62N5.Pt/c1-51-42-72(77-49-64(51)52-26-11-8-12-27-52)81-67-39-22-19-36-63(67)73-70(80-65-37-20-17-34-61(65)62-35-18-21-38-66(62)80)47-58(48-71(73)81)76(53-28-13-9-14-29-53,54-30-15-10-16-31-54)55-32-25-33-59(44-55)78-50-79(69-41-24-23-40-68(69)78)60-45-56(74(2,3)4)43-57(46-60)75(5,6)7;/h8-43,45-47,49-50H,1-7H3;/q-3;/i1D3,8D,11D,12D,26D,27D;. The Balaban J connectivity index is 0.00000743. The quantitative estimate of drug-likeness (QED) is 0.107. The topological polar surface area (TPSA) is 29.2 Å². The maximum Gasteiger partial charge on any atom is 0.135 e. The Kier molecular flexibility index (Phi) is 10.9. The van der Waals surface area contributed by atoms with Gasteiger partial charge >= 0.3 is 0 Å². The number of nitrogens with zero attached hydrogens (tertiary/aromatic N) is 5. The van der Waals surface area contributed by atoms with Gasteiger partial charge < -0.3 is 18.9 Å². The van der Waals surface area contributed by atoms with Gasteiger partial charge in [-0.15, -0.1) is 29.5 Å². The third-order valence-corrected chi connectivity index (χ3v) is 16.2. The van der Waals surface area contributed by atoms with Crippen molar-refractivity contribution in [2.45, 2.75) is 64.6 Å². The number of benzene rings is 10. The molecule has 0 bridgehead atoms. The van der Waals surface area contributed by atoms with Crippen LogP contribution < -0.4 is 9.80 Å². The summed E-state index contributed by atoms with van der Waals surface area (Å²) < 4.78 is 74.8. The summed E-state index contributed by atoms with van der Waals surface area (Å²) >= 11 is 0. The first-order valence-electron chi connectivity index (χ1n) is 31.5. The van der Waals surface area contributed by atoms with E-state index in [0.29, 0.717) is 11.0 Å². The molecule has 0 saturated carbocycles. The largest absolute Gasteiger partial charge is 0.493 e. The minimum atomic E-state index is -2.83. The minimum absolute atomic E-state index is 0. The Bertz CT molecular complexity index is 4830. The number of para-hydroxylation sites is 5. The normalized spacial score (nSPS) is 14.4. The van der Waals surface area contributed by atoms with Crippen molar-refractivity contribution in [2.24, 2.45) is 0 Å². The van der Waals surface area contributed by atoms with Gasteiger partial charge in [-0.1, -0.05) is 222 Å². The molecular weight excluding hydrogens is 1180 g/mol. The smallest absolute Gasteiger partial charge is 0.135 e. The fraction of sp³-hybridized carbons (Fsp3) is 0.132. The first-order valence-corrected chi connectivity index (χ1v) is 27.5. The predicted octanol–water partition coefficient (Wildman–Crippen LogP) is 19.2. The summed E-state index contributed by atoms with van der Waals surface area (Å²) in [6, 6.07) is 76.9. The van der Waals surface area contributed by atoms with Gasteiger partial charge in [0.1, 0.15) is 5.82 Å². The number of anilines is 4. The summed E-state index contributed by atoms with van der Waals surface area (Å²) in [5.41, 5.74) is 12.0. The first-order chi connectivity index (χ1) is 42.6. The minimum Gasteiger partial charge on any atom is -0.493 e.